The van der Waals surface area contributed by atoms with E-state index in [0.29, 0.717) is 42.8 Å². The standard InChI is InChI=1S/C19H23N5O5/c1-19(2,3)28-18(27)23-8-6-12(7-9-23)24-14-5-4-11(10-13(14)20-16(24)25)15-21-17(26)29-22-15/h4-5,10,12H,6-9H2,1-3H3,(H,20,25)(H,21,22,26). The topological polar surface area (TPSA) is 126 Å². The molecular formula is C19H23N5O5. The van der Waals surface area contributed by atoms with Gasteiger partial charge in [-0.05, 0) is 51.8 Å². The van der Waals surface area contributed by atoms with Gasteiger partial charge in [0.2, 0.25) is 0 Å². The maximum absolute atomic E-state index is 12.6. The first-order valence-electron chi connectivity index (χ1n) is 9.50. The number of imidazole rings is 1. The molecule has 1 amide bonds. The lowest BCUT2D eigenvalue weighted by Gasteiger charge is -2.33. The summed E-state index contributed by atoms with van der Waals surface area (Å²) < 4.78 is 11.7. The van der Waals surface area contributed by atoms with E-state index in [1.54, 1.807) is 21.6 Å². The van der Waals surface area contributed by atoms with Crippen molar-refractivity contribution >= 4 is 17.1 Å². The summed E-state index contributed by atoms with van der Waals surface area (Å²) in [6.07, 6.45) is 0.989. The first-order chi connectivity index (χ1) is 13.7. The van der Waals surface area contributed by atoms with Crippen LogP contribution in [0.4, 0.5) is 4.79 Å². The predicted molar refractivity (Wildman–Crippen MR) is 105 cm³/mol. The number of fused-ring (bicyclic) bond motifs is 1. The fourth-order valence-corrected chi connectivity index (χ4v) is 3.63. The molecule has 1 saturated heterocycles. The van der Waals surface area contributed by atoms with Crippen LogP contribution in [-0.4, -0.2) is 49.4 Å². The van der Waals surface area contributed by atoms with Crippen molar-refractivity contribution < 1.29 is 14.1 Å². The van der Waals surface area contributed by atoms with Gasteiger partial charge >= 0.3 is 17.5 Å². The number of piperidine rings is 1. The van der Waals surface area contributed by atoms with Crippen LogP contribution in [0.15, 0.2) is 32.3 Å². The summed E-state index contributed by atoms with van der Waals surface area (Å²) in [5, 5.41) is 3.67. The number of aromatic amines is 2. The number of hydrogen-bond donors (Lipinski definition) is 2. The van der Waals surface area contributed by atoms with E-state index < -0.39 is 11.4 Å². The number of carbonyl (C=O) groups is 1. The number of benzene rings is 1. The maximum atomic E-state index is 12.6. The molecule has 0 saturated carbocycles. The number of aromatic nitrogens is 4. The average Bonchev–Trinajstić information content (AvgIpc) is 3.22. The molecule has 0 unspecified atom stereocenters. The van der Waals surface area contributed by atoms with Crippen LogP contribution in [0, 0.1) is 0 Å². The molecule has 10 nitrogen and oxygen atoms in total. The Hall–Kier alpha value is -3.30. The van der Waals surface area contributed by atoms with Gasteiger partial charge in [0.25, 0.3) is 0 Å². The molecule has 2 N–H and O–H groups in total. The molecule has 3 aromatic rings. The zero-order valence-corrected chi connectivity index (χ0v) is 16.5. The number of nitrogens with one attached hydrogen (secondary N) is 2. The largest absolute Gasteiger partial charge is 0.444 e. The van der Waals surface area contributed by atoms with Crippen LogP contribution < -0.4 is 11.4 Å². The number of rotatable bonds is 2. The van der Waals surface area contributed by atoms with Gasteiger partial charge in [0.05, 0.1) is 11.0 Å². The molecule has 3 heterocycles. The zero-order chi connectivity index (χ0) is 20.8. The van der Waals surface area contributed by atoms with E-state index in [1.807, 2.05) is 26.8 Å². The molecule has 0 spiro atoms. The molecule has 1 aliphatic rings. The average molecular weight is 401 g/mol. The lowest BCUT2D eigenvalue weighted by molar-refractivity contribution is 0.0189. The minimum atomic E-state index is -0.636. The van der Waals surface area contributed by atoms with E-state index in [2.05, 4.69) is 19.6 Å². The Labute approximate surface area is 165 Å². The monoisotopic (exact) mass is 401 g/mol. The van der Waals surface area contributed by atoms with Crippen molar-refractivity contribution in [2.24, 2.45) is 0 Å². The maximum Gasteiger partial charge on any atom is 0.439 e. The van der Waals surface area contributed by atoms with Gasteiger partial charge in [-0.3, -0.25) is 14.1 Å². The summed E-state index contributed by atoms with van der Waals surface area (Å²) in [6, 6.07) is 5.32. The number of H-pyrrole nitrogens is 2. The Morgan fingerprint density at radius 1 is 1.21 bits per heavy atom. The van der Waals surface area contributed by atoms with Gasteiger partial charge in [-0.15, -0.1) is 0 Å². The third-order valence-electron chi connectivity index (χ3n) is 4.91. The molecule has 154 valence electrons. The number of ether oxygens (including phenoxy) is 1. The van der Waals surface area contributed by atoms with Crippen LogP contribution in [0.1, 0.15) is 39.7 Å². The van der Waals surface area contributed by atoms with Crippen LogP contribution in [0.5, 0.6) is 0 Å². The van der Waals surface area contributed by atoms with Gasteiger partial charge in [0, 0.05) is 24.7 Å². The number of nitrogens with zero attached hydrogens (tertiary/aromatic N) is 3. The van der Waals surface area contributed by atoms with Crippen molar-refractivity contribution in [3.63, 3.8) is 0 Å². The second kappa shape index (κ2) is 6.94. The first kappa shape index (κ1) is 19.0. The molecule has 1 aromatic carbocycles. The van der Waals surface area contributed by atoms with Crippen molar-refractivity contribution in [3.8, 4) is 11.4 Å². The molecule has 0 atom stereocenters. The van der Waals surface area contributed by atoms with E-state index in [1.165, 1.54) is 0 Å². The third-order valence-corrected chi connectivity index (χ3v) is 4.91. The summed E-state index contributed by atoms with van der Waals surface area (Å²) in [5.74, 6) is -0.334. The van der Waals surface area contributed by atoms with Crippen molar-refractivity contribution in [1.82, 2.24) is 24.6 Å². The second-order valence-electron chi connectivity index (χ2n) is 8.17. The summed E-state index contributed by atoms with van der Waals surface area (Å²) >= 11 is 0. The smallest absolute Gasteiger partial charge is 0.439 e. The molecule has 29 heavy (non-hydrogen) atoms. The van der Waals surface area contributed by atoms with Crippen LogP contribution in [-0.2, 0) is 4.74 Å². The molecule has 10 heteroatoms. The van der Waals surface area contributed by atoms with Crippen molar-refractivity contribution in [1.29, 1.82) is 0 Å². The summed E-state index contributed by atoms with van der Waals surface area (Å²) in [7, 11) is 0. The molecule has 1 aliphatic heterocycles. The highest BCUT2D eigenvalue weighted by atomic mass is 16.6. The minimum Gasteiger partial charge on any atom is -0.444 e. The van der Waals surface area contributed by atoms with E-state index in [0.717, 1.165) is 5.52 Å². The molecule has 0 aliphatic carbocycles. The molecule has 4 rings (SSSR count). The predicted octanol–water partition coefficient (Wildman–Crippen LogP) is 2.24. The Kier molecular flexibility index (Phi) is 4.56. The van der Waals surface area contributed by atoms with Gasteiger partial charge in [-0.1, -0.05) is 5.16 Å². The van der Waals surface area contributed by atoms with Crippen LogP contribution >= 0.6 is 0 Å². The molecule has 1 fully saturated rings. The van der Waals surface area contributed by atoms with Gasteiger partial charge in [-0.2, -0.15) is 0 Å². The lowest BCUT2D eigenvalue weighted by atomic mass is 10.0. The fraction of sp³-hybridized carbons (Fsp3) is 0.474. The van der Waals surface area contributed by atoms with Gasteiger partial charge in [0.1, 0.15) is 5.60 Å². The number of carbonyl (C=O) groups excluding carboxylic acids is 1. The van der Waals surface area contributed by atoms with Gasteiger partial charge < -0.3 is 14.6 Å². The quantitative estimate of drug-likeness (QED) is 0.678. The molecule has 0 radical (unpaired) electrons. The first-order valence-corrected chi connectivity index (χ1v) is 9.50. The van der Waals surface area contributed by atoms with Crippen LogP contribution in [0.25, 0.3) is 22.4 Å². The normalized spacial score (nSPS) is 15.8. The third kappa shape index (κ3) is 3.82. The summed E-state index contributed by atoms with van der Waals surface area (Å²) in [5.41, 5.74) is 1.30. The number of likely N-dealkylation sites (tertiary alicyclic amines) is 1. The Balaban J connectivity index is 1.54. The van der Waals surface area contributed by atoms with Crippen LogP contribution in [0.2, 0.25) is 0 Å². The highest BCUT2D eigenvalue weighted by Crippen LogP contribution is 2.27. The Morgan fingerprint density at radius 2 is 1.93 bits per heavy atom. The van der Waals surface area contributed by atoms with Gasteiger partial charge in [-0.25, -0.2) is 14.4 Å². The van der Waals surface area contributed by atoms with E-state index >= 15 is 0 Å². The molecular weight excluding hydrogens is 378 g/mol. The Morgan fingerprint density at radius 3 is 2.55 bits per heavy atom. The zero-order valence-electron chi connectivity index (χ0n) is 16.5. The SMILES string of the molecule is CC(C)(C)OC(=O)N1CCC(n2c(=O)[nH]c3cc(-c4noc(=O)[nH]4)ccc32)CC1. The van der Waals surface area contributed by atoms with Crippen molar-refractivity contribution in [2.75, 3.05) is 13.1 Å². The van der Waals surface area contributed by atoms with E-state index in [-0.39, 0.29) is 17.8 Å². The summed E-state index contributed by atoms with van der Waals surface area (Å²) in [4.78, 5) is 43.0. The lowest BCUT2D eigenvalue weighted by Crippen LogP contribution is -2.43. The number of hydrogen-bond acceptors (Lipinski definition) is 6. The van der Waals surface area contributed by atoms with Crippen molar-refractivity contribution in [3.05, 3.63) is 39.2 Å². The number of amides is 1. The van der Waals surface area contributed by atoms with E-state index in [9.17, 15) is 14.4 Å². The molecule has 0 bridgehead atoms. The second-order valence-corrected chi connectivity index (χ2v) is 8.17. The molecule has 2 aromatic heterocycles. The fourth-order valence-electron chi connectivity index (χ4n) is 3.63. The van der Waals surface area contributed by atoms with Crippen LogP contribution in [0.3, 0.4) is 0 Å². The van der Waals surface area contributed by atoms with E-state index in [4.69, 9.17) is 4.74 Å². The highest BCUT2D eigenvalue weighted by molar-refractivity contribution is 5.80. The Bertz CT molecular complexity index is 1150. The minimum absolute atomic E-state index is 0.0207. The van der Waals surface area contributed by atoms with Gasteiger partial charge in [0.15, 0.2) is 5.82 Å². The van der Waals surface area contributed by atoms with Crippen molar-refractivity contribution in [2.45, 2.75) is 45.3 Å². The summed E-state index contributed by atoms with van der Waals surface area (Å²) in [6.45, 7) is 6.57. The highest BCUT2D eigenvalue weighted by Gasteiger charge is 2.29.